The Bertz CT molecular complexity index is 1030. The number of hydrogen-bond donors (Lipinski definition) is 1. The molecule has 27 heavy (non-hydrogen) atoms. The fourth-order valence-electron chi connectivity index (χ4n) is 3.24. The van der Waals surface area contributed by atoms with Crippen LogP contribution in [0, 0.1) is 0 Å². The summed E-state index contributed by atoms with van der Waals surface area (Å²) in [4.78, 5) is 31.9. The summed E-state index contributed by atoms with van der Waals surface area (Å²) in [5.74, 6) is 0.872. The molecule has 0 spiro atoms. The van der Waals surface area contributed by atoms with Crippen molar-refractivity contribution in [3.05, 3.63) is 77.4 Å². The second kappa shape index (κ2) is 7.11. The SMILES string of the molecule is CC(=O)c1cccc(CCc2ncc(-c3ccc4c(c3)CC(=O)N4)cn2)c1. The van der Waals surface area contributed by atoms with Crippen LogP contribution < -0.4 is 5.32 Å². The second-order valence-corrected chi connectivity index (χ2v) is 6.74. The van der Waals surface area contributed by atoms with Crippen LogP contribution in [0.2, 0.25) is 0 Å². The van der Waals surface area contributed by atoms with Gasteiger partial charge in [-0.3, -0.25) is 9.59 Å². The molecule has 0 unspecified atom stereocenters. The molecule has 0 saturated carbocycles. The number of fused-ring (bicyclic) bond motifs is 1. The molecule has 3 aromatic rings. The van der Waals surface area contributed by atoms with E-state index in [1.54, 1.807) is 6.92 Å². The van der Waals surface area contributed by atoms with E-state index in [0.717, 1.165) is 45.7 Å². The highest BCUT2D eigenvalue weighted by atomic mass is 16.1. The van der Waals surface area contributed by atoms with Crippen molar-refractivity contribution in [2.45, 2.75) is 26.2 Å². The number of nitrogens with zero attached hydrogens (tertiary/aromatic N) is 2. The van der Waals surface area contributed by atoms with Crippen LogP contribution in [-0.2, 0) is 24.1 Å². The Balaban J connectivity index is 1.45. The van der Waals surface area contributed by atoms with E-state index in [1.165, 1.54) is 0 Å². The van der Waals surface area contributed by atoms with Crippen LogP contribution >= 0.6 is 0 Å². The third-order valence-electron chi connectivity index (χ3n) is 4.74. The van der Waals surface area contributed by atoms with Crippen molar-refractivity contribution in [2.75, 3.05) is 5.32 Å². The normalized spacial score (nSPS) is 12.6. The van der Waals surface area contributed by atoms with Crippen LogP contribution in [0.4, 0.5) is 5.69 Å². The largest absolute Gasteiger partial charge is 0.326 e. The van der Waals surface area contributed by atoms with E-state index in [0.29, 0.717) is 12.8 Å². The lowest BCUT2D eigenvalue weighted by atomic mass is 10.0. The lowest BCUT2D eigenvalue weighted by Gasteiger charge is -2.06. The van der Waals surface area contributed by atoms with Crippen LogP contribution in [0.1, 0.15) is 34.2 Å². The highest BCUT2D eigenvalue weighted by Gasteiger charge is 2.17. The molecule has 0 saturated heterocycles. The Labute approximate surface area is 157 Å². The van der Waals surface area contributed by atoms with Crippen molar-refractivity contribution in [1.29, 1.82) is 0 Å². The zero-order chi connectivity index (χ0) is 18.8. The molecule has 1 aliphatic heterocycles. The smallest absolute Gasteiger partial charge is 0.228 e. The number of aromatic nitrogens is 2. The molecular weight excluding hydrogens is 338 g/mol. The summed E-state index contributed by atoms with van der Waals surface area (Å²) >= 11 is 0. The van der Waals surface area contributed by atoms with Crippen molar-refractivity contribution in [1.82, 2.24) is 9.97 Å². The van der Waals surface area contributed by atoms with E-state index in [-0.39, 0.29) is 11.7 Å². The number of anilines is 1. The second-order valence-electron chi connectivity index (χ2n) is 6.74. The zero-order valence-corrected chi connectivity index (χ0v) is 15.0. The standard InChI is InChI=1S/C22H19N3O2/c1-14(26)16-4-2-3-15(9-16)5-8-21-23-12-19(13-24-21)17-6-7-20-18(10-17)11-22(27)25-20/h2-4,6-7,9-10,12-13H,5,8,11H2,1H3,(H,25,27). The zero-order valence-electron chi connectivity index (χ0n) is 15.0. The first-order chi connectivity index (χ1) is 13.1. The molecule has 0 fully saturated rings. The molecule has 0 radical (unpaired) electrons. The molecule has 2 aromatic carbocycles. The van der Waals surface area contributed by atoms with Gasteiger partial charge in [0, 0.05) is 35.6 Å². The average molecular weight is 357 g/mol. The number of aryl methyl sites for hydroxylation is 2. The summed E-state index contributed by atoms with van der Waals surface area (Å²) < 4.78 is 0. The molecule has 1 amide bonds. The van der Waals surface area contributed by atoms with Crippen molar-refractivity contribution < 1.29 is 9.59 Å². The Hall–Kier alpha value is -3.34. The quantitative estimate of drug-likeness (QED) is 0.708. The van der Waals surface area contributed by atoms with Crippen molar-refractivity contribution in [2.24, 2.45) is 0 Å². The average Bonchev–Trinajstić information content (AvgIpc) is 3.06. The molecule has 134 valence electrons. The molecular formula is C22H19N3O2. The number of benzene rings is 2. The van der Waals surface area contributed by atoms with Gasteiger partial charge in [0.15, 0.2) is 5.78 Å². The van der Waals surface area contributed by atoms with Gasteiger partial charge >= 0.3 is 0 Å². The number of carbonyl (C=O) groups is 2. The summed E-state index contributed by atoms with van der Waals surface area (Å²) in [5, 5.41) is 2.84. The number of amides is 1. The van der Waals surface area contributed by atoms with Crippen LogP contribution in [0.5, 0.6) is 0 Å². The molecule has 0 bridgehead atoms. The molecule has 1 aromatic heterocycles. The maximum Gasteiger partial charge on any atom is 0.228 e. The Morgan fingerprint density at radius 1 is 1.04 bits per heavy atom. The van der Waals surface area contributed by atoms with E-state index >= 15 is 0 Å². The van der Waals surface area contributed by atoms with Crippen molar-refractivity contribution in [3.63, 3.8) is 0 Å². The maximum atomic E-state index is 11.5. The fraction of sp³-hybridized carbons (Fsp3) is 0.182. The topological polar surface area (TPSA) is 72.0 Å². The van der Waals surface area contributed by atoms with E-state index in [2.05, 4.69) is 15.3 Å². The highest BCUT2D eigenvalue weighted by Crippen LogP contribution is 2.28. The van der Waals surface area contributed by atoms with Crippen LogP contribution in [-0.4, -0.2) is 21.7 Å². The van der Waals surface area contributed by atoms with Gasteiger partial charge in [0.1, 0.15) is 5.82 Å². The van der Waals surface area contributed by atoms with Gasteiger partial charge in [-0.25, -0.2) is 9.97 Å². The van der Waals surface area contributed by atoms with Crippen LogP contribution in [0.25, 0.3) is 11.1 Å². The third kappa shape index (κ3) is 3.77. The first-order valence-corrected chi connectivity index (χ1v) is 8.92. The Morgan fingerprint density at radius 2 is 1.85 bits per heavy atom. The van der Waals surface area contributed by atoms with Crippen molar-refractivity contribution in [3.8, 4) is 11.1 Å². The van der Waals surface area contributed by atoms with Gasteiger partial charge in [0.2, 0.25) is 5.91 Å². The predicted octanol–water partition coefficient (Wildman–Crippen LogP) is 3.63. The Kier molecular flexibility index (Phi) is 4.50. The van der Waals surface area contributed by atoms with E-state index < -0.39 is 0 Å². The van der Waals surface area contributed by atoms with Crippen LogP contribution in [0.15, 0.2) is 54.9 Å². The Morgan fingerprint density at radius 3 is 2.63 bits per heavy atom. The van der Waals surface area contributed by atoms with E-state index in [9.17, 15) is 9.59 Å². The minimum Gasteiger partial charge on any atom is -0.326 e. The monoisotopic (exact) mass is 357 g/mol. The minimum absolute atomic E-state index is 0.0302. The lowest BCUT2D eigenvalue weighted by Crippen LogP contribution is -2.03. The van der Waals surface area contributed by atoms with Gasteiger partial charge in [0.25, 0.3) is 0 Å². The molecule has 4 rings (SSSR count). The summed E-state index contributed by atoms with van der Waals surface area (Å²) in [6.07, 6.45) is 5.55. The number of Topliss-reactive ketones (excluding diaryl/α,β-unsaturated/α-hetero) is 1. The first-order valence-electron chi connectivity index (χ1n) is 8.92. The number of ketones is 1. The molecule has 1 aliphatic rings. The molecule has 5 nitrogen and oxygen atoms in total. The molecule has 0 aliphatic carbocycles. The lowest BCUT2D eigenvalue weighted by molar-refractivity contribution is -0.115. The highest BCUT2D eigenvalue weighted by molar-refractivity contribution is 5.99. The van der Waals surface area contributed by atoms with E-state index in [4.69, 9.17) is 0 Å². The first kappa shape index (κ1) is 17.1. The molecule has 1 N–H and O–H groups in total. The summed E-state index contributed by atoms with van der Waals surface area (Å²) in [5.41, 5.74) is 5.66. The van der Waals surface area contributed by atoms with Gasteiger partial charge in [-0.15, -0.1) is 0 Å². The predicted molar refractivity (Wildman–Crippen MR) is 104 cm³/mol. The van der Waals surface area contributed by atoms with Crippen molar-refractivity contribution >= 4 is 17.4 Å². The fourth-order valence-corrected chi connectivity index (χ4v) is 3.24. The van der Waals surface area contributed by atoms with Gasteiger partial charge in [0.05, 0.1) is 6.42 Å². The summed E-state index contributed by atoms with van der Waals surface area (Å²) in [6, 6.07) is 13.6. The summed E-state index contributed by atoms with van der Waals surface area (Å²) in [6.45, 7) is 1.58. The van der Waals surface area contributed by atoms with Gasteiger partial charge in [-0.2, -0.15) is 0 Å². The molecule has 0 atom stereocenters. The number of nitrogens with one attached hydrogen (secondary N) is 1. The van der Waals surface area contributed by atoms with Gasteiger partial charge < -0.3 is 5.32 Å². The van der Waals surface area contributed by atoms with Gasteiger partial charge in [-0.1, -0.05) is 24.3 Å². The third-order valence-corrected chi connectivity index (χ3v) is 4.74. The number of carbonyl (C=O) groups excluding carboxylic acids is 2. The summed E-state index contributed by atoms with van der Waals surface area (Å²) in [7, 11) is 0. The molecule has 2 heterocycles. The minimum atomic E-state index is 0.0302. The van der Waals surface area contributed by atoms with Gasteiger partial charge in [-0.05, 0) is 48.2 Å². The van der Waals surface area contributed by atoms with E-state index in [1.807, 2.05) is 54.9 Å². The maximum absolute atomic E-state index is 11.5. The number of hydrogen-bond acceptors (Lipinski definition) is 4. The van der Waals surface area contributed by atoms with Crippen LogP contribution in [0.3, 0.4) is 0 Å². The number of rotatable bonds is 5. The molecule has 5 heteroatoms.